The fourth-order valence-corrected chi connectivity index (χ4v) is 3.00. The van der Waals surface area contributed by atoms with Crippen molar-refractivity contribution in [3.05, 3.63) is 23.8 Å². The van der Waals surface area contributed by atoms with Gasteiger partial charge in [-0.15, -0.1) is 11.6 Å². The number of hydrogen-bond acceptors (Lipinski definition) is 4. The minimum Gasteiger partial charge on any atom is -0.493 e. The minimum atomic E-state index is -0.774. The van der Waals surface area contributed by atoms with E-state index < -0.39 is 12.0 Å². The fourth-order valence-electron chi connectivity index (χ4n) is 2.68. The Morgan fingerprint density at radius 3 is 2.76 bits per heavy atom. The molecule has 1 aromatic carbocycles. The Balaban J connectivity index is 2.09. The number of likely N-dealkylation sites (tertiary alicyclic amines) is 1. The molecule has 1 heterocycles. The zero-order chi connectivity index (χ0) is 15.4. The number of benzene rings is 1. The summed E-state index contributed by atoms with van der Waals surface area (Å²) in [6, 6.07) is 5.10. The third-order valence-electron chi connectivity index (χ3n) is 3.81. The smallest absolute Gasteiger partial charge is 0.320 e. The number of methoxy groups -OCH3 is 2. The van der Waals surface area contributed by atoms with Gasteiger partial charge in [0.1, 0.15) is 6.04 Å². The molecule has 1 aliphatic heterocycles. The summed E-state index contributed by atoms with van der Waals surface area (Å²) in [5.74, 6) is 0.496. The Bertz CT molecular complexity index is 508. The third-order valence-corrected chi connectivity index (χ3v) is 4.20. The summed E-state index contributed by atoms with van der Waals surface area (Å²) in [7, 11) is 3.16. The molecule has 116 valence electrons. The van der Waals surface area contributed by atoms with Gasteiger partial charge in [-0.3, -0.25) is 9.69 Å². The van der Waals surface area contributed by atoms with Gasteiger partial charge in [0.05, 0.1) is 19.6 Å². The van der Waals surface area contributed by atoms with E-state index in [-0.39, 0.29) is 5.38 Å². The highest BCUT2D eigenvalue weighted by Gasteiger charge is 2.31. The predicted octanol–water partition coefficient (Wildman–Crippen LogP) is 2.53. The molecule has 1 aliphatic rings. The third kappa shape index (κ3) is 3.60. The van der Waals surface area contributed by atoms with E-state index in [1.165, 1.54) is 0 Å². The Labute approximate surface area is 129 Å². The van der Waals surface area contributed by atoms with Gasteiger partial charge in [0.2, 0.25) is 0 Å². The second-order valence-corrected chi connectivity index (χ2v) is 5.60. The van der Waals surface area contributed by atoms with E-state index in [1.54, 1.807) is 14.2 Å². The average molecular weight is 314 g/mol. The van der Waals surface area contributed by atoms with Gasteiger partial charge in [0.15, 0.2) is 11.5 Å². The molecule has 2 unspecified atom stereocenters. The number of aliphatic carboxylic acids is 1. The van der Waals surface area contributed by atoms with Crippen LogP contribution in [0.25, 0.3) is 0 Å². The van der Waals surface area contributed by atoms with Crippen LogP contribution < -0.4 is 9.47 Å². The Morgan fingerprint density at radius 1 is 1.43 bits per heavy atom. The molecule has 21 heavy (non-hydrogen) atoms. The zero-order valence-electron chi connectivity index (χ0n) is 12.2. The molecule has 0 saturated carbocycles. The topological polar surface area (TPSA) is 59.0 Å². The van der Waals surface area contributed by atoms with Crippen molar-refractivity contribution < 1.29 is 19.4 Å². The number of rotatable bonds is 6. The number of nitrogens with zero attached hydrogens (tertiary/aromatic N) is 1. The number of alkyl halides is 1. The fraction of sp³-hybridized carbons (Fsp3) is 0.533. The maximum absolute atomic E-state index is 11.2. The lowest BCUT2D eigenvalue weighted by Crippen LogP contribution is -2.37. The van der Waals surface area contributed by atoms with Crippen LogP contribution in [0.15, 0.2) is 18.2 Å². The molecule has 0 radical (unpaired) electrons. The maximum atomic E-state index is 11.2. The molecule has 2 atom stereocenters. The Hall–Kier alpha value is -1.46. The summed E-state index contributed by atoms with van der Waals surface area (Å²) in [4.78, 5) is 13.1. The molecule has 0 aromatic heterocycles. The molecule has 0 spiro atoms. The summed E-state index contributed by atoms with van der Waals surface area (Å²) in [6.07, 6.45) is 1.58. The largest absolute Gasteiger partial charge is 0.493 e. The number of carboxylic acid groups (broad SMARTS) is 1. The summed E-state index contributed by atoms with van der Waals surface area (Å²) in [6.45, 7) is 1.28. The van der Waals surface area contributed by atoms with Gasteiger partial charge in [-0.05, 0) is 37.1 Å². The Kier molecular flexibility index (Phi) is 5.31. The molecule has 0 bridgehead atoms. The van der Waals surface area contributed by atoms with Crippen LogP contribution in [0.2, 0.25) is 0 Å². The van der Waals surface area contributed by atoms with Crippen LogP contribution in [0.5, 0.6) is 11.5 Å². The molecule has 1 saturated heterocycles. The normalized spacial score (nSPS) is 20.2. The first kappa shape index (κ1) is 15.9. The van der Waals surface area contributed by atoms with Crippen molar-refractivity contribution in [1.82, 2.24) is 4.90 Å². The van der Waals surface area contributed by atoms with Crippen LogP contribution in [0.1, 0.15) is 23.8 Å². The summed E-state index contributed by atoms with van der Waals surface area (Å²) in [5, 5.41) is 8.91. The van der Waals surface area contributed by atoms with E-state index in [0.717, 1.165) is 18.5 Å². The lowest BCUT2D eigenvalue weighted by Gasteiger charge is -2.24. The first-order valence-electron chi connectivity index (χ1n) is 6.89. The quantitative estimate of drug-likeness (QED) is 0.818. The lowest BCUT2D eigenvalue weighted by molar-refractivity contribution is -0.142. The molecule has 0 amide bonds. The molecular formula is C15H20ClNO4. The second-order valence-electron chi connectivity index (χ2n) is 5.07. The highest BCUT2D eigenvalue weighted by atomic mass is 35.5. The second kappa shape index (κ2) is 7.00. The highest BCUT2D eigenvalue weighted by Crippen LogP contribution is 2.33. The minimum absolute atomic E-state index is 0.287. The maximum Gasteiger partial charge on any atom is 0.320 e. The van der Waals surface area contributed by atoms with E-state index in [9.17, 15) is 9.90 Å². The van der Waals surface area contributed by atoms with Crippen LogP contribution in [0, 0.1) is 0 Å². The highest BCUT2D eigenvalue weighted by molar-refractivity contribution is 6.21. The van der Waals surface area contributed by atoms with Crippen LogP contribution in [0.4, 0.5) is 0 Å². The van der Waals surface area contributed by atoms with Gasteiger partial charge in [0, 0.05) is 6.54 Å². The SMILES string of the molecule is COc1ccc(C(Cl)CN2CCCC2C(=O)O)cc1OC. The van der Waals surface area contributed by atoms with Crippen LogP contribution >= 0.6 is 11.6 Å². The zero-order valence-corrected chi connectivity index (χ0v) is 13.0. The van der Waals surface area contributed by atoms with Gasteiger partial charge >= 0.3 is 5.97 Å². The monoisotopic (exact) mass is 313 g/mol. The average Bonchev–Trinajstić information content (AvgIpc) is 2.94. The molecular weight excluding hydrogens is 294 g/mol. The van der Waals surface area contributed by atoms with Gasteiger partial charge < -0.3 is 14.6 Å². The molecule has 0 aliphatic carbocycles. The van der Waals surface area contributed by atoms with Gasteiger partial charge in [-0.1, -0.05) is 6.07 Å². The van der Waals surface area contributed by atoms with Gasteiger partial charge in [-0.25, -0.2) is 0 Å². The van der Waals surface area contributed by atoms with Gasteiger partial charge in [-0.2, -0.15) is 0 Å². The first-order valence-corrected chi connectivity index (χ1v) is 7.33. The number of hydrogen-bond donors (Lipinski definition) is 1. The standard InChI is InChI=1S/C15H20ClNO4/c1-20-13-6-5-10(8-14(13)21-2)11(16)9-17-7-3-4-12(17)15(18)19/h5-6,8,11-12H,3-4,7,9H2,1-2H3,(H,18,19). The van der Waals surface area contributed by atoms with Crippen LogP contribution in [0.3, 0.4) is 0 Å². The van der Waals surface area contributed by atoms with Gasteiger partial charge in [0.25, 0.3) is 0 Å². The van der Waals surface area contributed by atoms with E-state index >= 15 is 0 Å². The van der Waals surface area contributed by atoms with E-state index in [0.29, 0.717) is 24.5 Å². The summed E-state index contributed by atoms with van der Waals surface area (Å²) < 4.78 is 10.5. The molecule has 1 N–H and O–H groups in total. The van der Waals surface area contributed by atoms with E-state index in [1.807, 2.05) is 23.1 Å². The number of halogens is 1. The van der Waals surface area contributed by atoms with Crippen molar-refractivity contribution in [2.75, 3.05) is 27.3 Å². The lowest BCUT2D eigenvalue weighted by atomic mass is 10.1. The van der Waals surface area contributed by atoms with E-state index in [2.05, 4.69) is 0 Å². The molecule has 6 heteroatoms. The molecule has 1 aromatic rings. The van der Waals surface area contributed by atoms with Crippen molar-refractivity contribution in [3.63, 3.8) is 0 Å². The van der Waals surface area contributed by atoms with Crippen molar-refractivity contribution in [3.8, 4) is 11.5 Å². The van der Waals surface area contributed by atoms with Crippen molar-refractivity contribution in [1.29, 1.82) is 0 Å². The van der Waals surface area contributed by atoms with Crippen molar-refractivity contribution in [2.24, 2.45) is 0 Å². The van der Waals surface area contributed by atoms with Crippen molar-refractivity contribution >= 4 is 17.6 Å². The number of carboxylic acids is 1. The molecule has 1 fully saturated rings. The van der Waals surface area contributed by atoms with E-state index in [4.69, 9.17) is 21.1 Å². The summed E-state index contributed by atoms with van der Waals surface area (Å²) in [5.41, 5.74) is 0.894. The predicted molar refractivity (Wildman–Crippen MR) is 80.4 cm³/mol. The van der Waals surface area contributed by atoms with Crippen molar-refractivity contribution in [2.45, 2.75) is 24.3 Å². The Morgan fingerprint density at radius 2 is 2.14 bits per heavy atom. The number of ether oxygens (including phenoxy) is 2. The van der Waals surface area contributed by atoms with Crippen LogP contribution in [-0.2, 0) is 4.79 Å². The van der Waals surface area contributed by atoms with Crippen LogP contribution in [-0.4, -0.2) is 49.3 Å². The molecule has 5 nitrogen and oxygen atoms in total. The number of carbonyl (C=O) groups is 1. The summed E-state index contributed by atoms with van der Waals surface area (Å²) >= 11 is 6.45. The first-order chi connectivity index (χ1) is 10.1. The molecule has 2 rings (SSSR count).